The molecule has 34 heavy (non-hydrogen) atoms. The molecule has 5 heteroatoms. The molecule has 4 aromatic carbocycles. The van der Waals surface area contributed by atoms with Gasteiger partial charge in [-0.15, -0.1) is 0 Å². The Morgan fingerprint density at radius 3 is 2.12 bits per heavy atom. The van der Waals surface area contributed by atoms with E-state index in [4.69, 9.17) is 9.84 Å². The lowest BCUT2D eigenvalue weighted by atomic mass is 9.98. The largest absolute Gasteiger partial charge is 0.422 e. The van der Waals surface area contributed by atoms with Gasteiger partial charge >= 0.3 is 5.97 Å². The van der Waals surface area contributed by atoms with Gasteiger partial charge in [0.1, 0.15) is 5.75 Å². The molecule has 5 aromatic rings. The molecular formula is C29H21BrN2O2. The van der Waals surface area contributed by atoms with E-state index in [1.807, 2.05) is 96.5 Å². The highest BCUT2D eigenvalue weighted by atomic mass is 79.9. The molecule has 0 saturated heterocycles. The van der Waals surface area contributed by atoms with E-state index in [2.05, 4.69) is 28.1 Å². The van der Waals surface area contributed by atoms with Crippen molar-refractivity contribution in [3.8, 4) is 33.8 Å². The van der Waals surface area contributed by atoms with Crippen LogP contribution in [0, 0.1) is 6.92 Å². The highest BCUT2D eigenvalue weighted by Gasteiger charge is 2.23. The first-order valence-electron chi connectivity index (χ1n) is 10.9. The molecule has 0 spiro atoms. The molecule has 0 saturated carbocycles. The van der Waals surface area contributed by atoms with Crippen molar-refractivity contribution in [3.63, 3.8) is 0 Å². The van der Waals surface area contributed by atoms with Crippen LogP contribution in [0.3, 0.4) is 0 Å². The Morgan fingerprint density at radius 2 is 1.41 bits per heavy atom. The lowest BCUT2D eigenvalue weighted by molar-refractivity contribution is 0.0735. The quantitative estimate of drug-likeness (QED) is 0.182. The van der Waals surface area contributed by atoms with Gasteiger partial charge in [-0.25, -0.2) is 9.48 Å². The van der Waals surface area contributed by atoms with Gasteiger partial charge in [-0.05, 0) is 49.4 Å². The summed E-state index contributed by atoms with van der Waals surface area (Å²) in [4.78, 5) is 12.9. The predicted molar refractivity (Wildman–Crippen MR) is 138 cm³/mol. The molecule has 5 rings (SSSR count). The number of nitrogens with zero attached hydrogens (tertiary/aromatic N) is 2. The van der Waals surface area contributed by atoms with Crippen LogP contribution in [0.15, 0.2) is 114 Å². The number of aromatic nitrogens is 2. The maximum absolute atomic E-state index is 12.9. The van der Waals surface area contributed by atoms with E-state index in [1.165, 1.54) is 0 Å². The molecule has 0 radical (unpaired) electrons. The van der Waals surface area contributed by atoms with E-state index in [-0.39, 0.29) is 0 Å². The van der Waals surface area contributed by atoms with Gasteiger partial charge in [0.05, 0.1) is 22.6 Å². The van der Waals surface area contributed by atoms with Crippen LogP contribution in [0.25, 0.3) is 28.1 Å². The standard InChI is InChI=1S/C29H21BrN2O2/c1-20-27(25-14-8-9-15-26(25)34-29(33)22-16-18-23(30)19-17-22)28(21-10-4-2-5-11-21)32(31-20)24-12-6-3-7-13-24/h2-19H,1H3. The van der Waals surface area contributed by atoms with Gasteiger partial charge in [0, 0.05) is 21.2 Å². The number of carbonyl (C=O) groups is 1. The van der Waals surface area contributed by atoms with Crippen LogP contribution < -0.4 is 4.74 Å². The number of halogens is 1. The Labute approximate surface area is 206 Å². The molecule has 0 amide bonds. The third-order valence-corrected chi connectivity index (χ3v) is 6.08. The first-order chi connectivity index (χ1) is 16.6. The molecule has 0 N–H and O–H groups in total. The topological polar surface area (TPSA) is 44.1 Å². The number of ether oxygens (including phenoxy) is 1. The molecule has 0 bridgehead atoms. The highest BCUT2D eigenvalue weighted by molar-refractivity contribution is 9.10. The number of aryl methyl sites for hydroxylation is 1. The lowest BCUT2D eigenvalue weighted by Crippen LogP contribution is -2.09. The van der Waals surface area contributed by atoms with Crippen LogP contribution in [-0.2, 0) is 0 Å². The predicted octanol–water partition coefficient (Wildman–Crippen LogP) is 7.50. The average Bonchev–Trinajstić information content (AvgIpc) is 3.22. The Bertz CT molecular complexity index is 1440. The van der Waals surface area contributed by atoms with Crippen molar-refractivity contribution in [2.45, 2.75) is 6.92 Å². The first-order valence-corrected chi connectivity index (χ1v) is 11.7. The fourth-order valence-corrected chi connectivity index (χ4v) is 4.24. The van der Waals surface area contributed by atoms with Gasteiger partial charge in [0.25, 0.3) is 0 Å². The number of esters is 1. The van der Waals surface area contributed by atoms with Crippen LogP contribution in [0.2, 0.25) is 0 Å². The summed E-state index contributed by atoms with van der Waals surface area (Å²) >= 11 is 3.40. The molecule has 1 aromatic heterocycles. The van der Waals surface area contributed by atoms with E-state index in [9.17, 15) is 4.79 Å². The number of rotatable bonds is 5. The van der Waals surface area contributed by atoms with E-state index < -0.39 is 5.97 Å². The normalized spacial score (nSPS) is 10.8. The van der Waals surface area contributed by atoms with Crippen molar-refractivity contribution in [2.75, 3.05) is 0 Å². The Hall–Kier alpha value is -3.96. The number of benzene rings is 4. The second-order valence-corrected chi connectivity index (χ2v) is 8.73. The summed E-state index contributed by atoms with van der Waals surface area (Å²) in [6.45, 7) is 1.98. The molecule has 0 atom stereocenters. The average molecular weight is 509 g/mol. The molecule has 0 aliphatic carbocycles. The molecule has 4 nitrogen and oxygen atoms in total. The maximum Gasteiger partial charge on any atom is 0.343 e. The van der Waals surface area contributed by atoms with Crippen molar-refractivity contribution in [3.05, 3.63) is 125 Å². The maximum atomic E-state index is 12.9. The third-order valence-electron chi connectivity index (χ3n) is 5.55. The summed E-state index contributed by atoms with van der Waals surface area (Å²) in [5, 5.41) is 4.89. The summed E-state index contributed by atoms with van der Waals surface area (Å²) in [7, 11) is 0. The minimum atomic E-state index is -0.408. The fraction of sp³-hybridized carbons (Fsp3) is 0.0345. The van der Waals surface area contributed by atoms with Crippen LogP contribution in [-0.4, -0.2) is 15.7 Å². The Morgan fingerprint density at radius 1 is 0.794 bits per heavy atom. The highest BCUT2D eigenvalue weighted by Crippen LogP contribution is 2.40. The van der Waals surface area contributed by atoms with E-state index in [0.29, 0.717) is 11.3 Å². The molecular weight excluding hydrogens is 488 g/mol. The fourth-order valence-electron chi connectivity index (χ4n) is 3.98. The van der Waals surface area contributed by atoms with E-state index in [1.54, 1.807) is 12.1 Å². The number of carbonyl (C=O) groups excluding carboxylic acids is 1. The van der Waals surface area contributed by atoms with E-state index in [0.717, 1.165) is 38.2 Å². The second-order valence-electron chi connectivity index (χ2n) is 7.81. The molecule has 0 aliphatic rings. The number of para-hydroxylation sites is 2. The number of hydrogen-bond acceptors (Lipinski definition) is 3. The van der Waals surface area contributed by atoms with Crippen LogP contribution in [0.4, 0.5) is 0 Å². The SMILES string of the molecule is Cc1nn(-c2ccccc2)c(-c2ccccc2)c1-c1ccccc1OC(=O)c1ccc(Br)cc1. The summed E-state index contributed by atoms with van der Waals surface area (Å²) in [6.07, 6.45) is 0. The van der Waals surface area contributed by atoms with Crippen LogP contribution >= 0.6 is 15.9 Å². The molecule has 0 unspecified atom stereocenters. The van der Waals surface area contributed by atoms with Gasteiger partial charge in [0.2, 0.25) is 0 Å². The summed E-state index contributed by atoms with van der Waals surface area (Å²) < 4.78 is 8.75. The summed E-state index contributed by atoms with van der Waals surface area (Å²) in [6, 6.07) is 34.9. The third kappa shape index (κ3) is 4.30. The van der Waals surface area contributed by atoms with Crippen LogP contribution in [0.5, 0.6) is 5.75 Å². The minimum Gasteiger partial charge on any atom is -0.422 e. The van der Waals surface area contributed by atoms with E-state index >= 15 is 0 Å². The summed E-state index contributed by atoms with van der Waals surface area (Å²) in [5.41, 5.74) is 5.99. The van der Waals surface area contributed by atoms with Gasteiger partial charge in [-0.3, -0.25) is 0 Å². The van der Waals surface area contributed by atoms with Crippen molar-refractivity contribution in [1.82, 2.24) is 9.78 Å². The minimum absolute atomic E-state index is 0.408. The zero-order valence-corrected chi connectivity index (χ0v) is 20.1. The molecule has 0 fully saturated rings. The second kappa shape index (κ2) is 9.49. The summed E-state index contributed by atoms with van der Waals surface area (Å²) in [5.74, 6) is 0.0811. The molecule has 1 heterocycles. The Kier molecular flexibility index (Phi) is 6.11. The van der Waals surface area contributed by atoms with Gasteiger partial charge < -0.3 is 4.74 Å². The number of hydrogen-bond donors (Lipinski definition) is 0. The van der Waals surface area contributed by atoms with Crippen LogP contribution in [0.1, 0.15) is 16.1 Å². The molecule has 166 valence electrons. The Balaban J connectivity index is 1.66. The van der Waals surface area contributed by atoms with Gasteiger partial charge in [0.15, 0.2) is 0 Å². The van der Waals surface area contributed by atoms with Crippen molar-refractivity contribution >= 4 is 21.9 Å². The van der Waals surface area contributed by atoms with Crippen molar-refractivity contribution in [1.29, 1.82) is 0 Å². The first kappa shape index (κ1) is 21.9. The monoisotopic (exact) mass is 508 g/mol. The smallest absolute Gasteiger partial charge is 0.343 e. The van der Waals surface area contributed by atoms with Gasteiger partial charge in [-0.1, -0.05) is 82.7 Å². The van der Waals surface area contributed by atoms with Crippen molar-refractivity contribution < 1.29 is 9.53 Å². The lowest BCUT2D eigenvalue weighted by Gasteiger charge is -2.13. The zero-order valence-electron chi connectivity index (χ0n) is 18.5. The van der Waals surface area contributed by atoms with Gasteiger partial charge in [-0.2, -0.15) is 5.10 Å². The zero-order chi connectivity index (χ0) is 23.5. The molecule has 0 aliphatic heterocycles. The van der Waals surface area contributed by atoms with Crippen molar-refractivity contribution in [2.24, 2.45) is 0 Å².